The number of hydrogen-bond donors (Lipinski definition) is 2. The van der Waals surface area contributed by atoms with Gasteiger partial charge in [0.2, 0.25) is 11.6 Å². The van der Waals surface area contributed by atoms with Crippen LogP contribution in [0, 0.1) is 0 Å². The number of carbonyl (C=O) groups is 2. The number of nitrogens with zero attached hydrogens (tertiary/aromatic N) is 2. The van der Waals surface area contributed by atoms with Gasteiger partial charge in [-0.15, -0.1) is 0 Å². The van der Waals surface area contributed by atoms with Crippen LogP contribution in [-0.4, -0.2) is 35.6 Å². The van der Waals surface area contributed by atoms with E-state index in [1.807, 2.05) is 0 Å². The minimum absolute atomic E-state index is 0.0505. The fourth-order valence-corrected chi connectivity index (χ4v) is 0.573. The van der Waals surface area contributed by atoms with Gasteiger partial charge in [-0.25, -0.2) is 10.2 Å². The first kappa shape index (κ1) is 12.1. The molecular formula is C7H11N3O4. The quantitative estimate of drug-likeness (QED) is 0.278. The lowest BCUT2D eigenvalue weighted by atomic mass is 10.2. The topological polar surface area (TPSA) is 100 Å². The molecule has 7 nitrogen and oxygen atoms in total. The molecule has 0 aromatic carbocycles. The van der Waals surface area contributed by atoms with E-state index in [0.717, 1.165) is 7.11 Å². The Morgan fingerprint density at radius 2 is 1.93 bits per heavy atom. The number of methoxy groups -OCH3 is 1. The minimum atomic E-state index is -0.834. The largest absolute Gasteiger partial charge is 0.464 e. The van der Waals surface area contributed by atoms with Gasteiger partial charge in [-0.05, 0) is 6.92 Å². The summed E-state index contributed by atoms with van der Waals surface area (Å²) in [5, 5.41) is 14.6. The van der Waals surface area contributed by atoms with Crippen LogP contribution in [0.1, 0.15) is 13.8 Å². The van der Waals surface area contributed by atoms with Crippen molar-refractivity contribution in [2.45, 2.75) is 13.8 Å². The Balaban J connectivity index is 4.63. The molecule has 2 N–H and O–H groups in total. The van der Waals surface area contributed by atoms with E-state index in [2.05, 4.69) is 20.4 Å². The Bertz CT molecular complexity index is 295. The maximum atomic E-state index is 10.9. The normalized spacial score (nSPS) is 12.2. The standard InChI is InChI=1S/C7H11N3O4/c1-4(8-9-5(2)11)6(10-13)7(12)14-3/h13H,1-3H3,(H,9,11)/b8-4+,10-6-. The molecule has 0 fully saturated rings. The maximum absolute atomic E-state index is 10.9. The molecular weight excluding hydrogens is 190 g/mol. The number of oxime groups is 1. The highest BCUT2D eigenvalue weighted by atomic mass is 16.5. The van der Waals surface area contributed by atoms with Gasteiger partial charge in [0.1, 0.15) is 0 Å². The number of amides is 1. The second-order valence-corrected chi connectivity index (χ2v) is 2.31. The zero-order valence-corrected chi connectivity index (χ0v) is 8.07. The van der Waals surface area contributed by atoms with Crippen molar-refractivity contribution in [1.29, 1.82) is 0 Å². The van der Waals surface area contributed by atoms with Crippen LogP contribution in [0.15, 0.2) is 10.3 Å². The van der Waals surface area contributed by atoms with E-state index in [4.69, 9.17) is 5.21 Å². The van der Waals surface area contributed by atoms with E-state index >= 15 is 0 Å². The van der Waals surface area contributed by atoms with E-state index in [-0.39, 0.29) is 11.4 Å². The first-order chi connectivity index (χ1) is 6.52. The van der Waals surface area contributed by atoms with Crippen LogP contribution in [0.4, 0.5) is 0 Å². The molecule has 0 aromatic rings. The Hall–Kier alpha value is -1.92. The van der Waals surface area contributed by atoms with Gasteiger partial charge in [-0.3, -0.25) is 4.79 Å². The molecule has 78 valence electrons. The molecule has 0 atom stereocenters. The van der Waals surface area contributed by atoms with E-state index in [9.17, 15) is 9.59 Å². The lowest BCUT2D eigenvalue weighted by molar-refractivity contribution is -0.132. The first-order valence-electron chi connectivity index (χ1n) is 3.64. The molecule has 0 saturated heterocycles. The molecule has 14 heavy (non-hydrogen) atoms. The summed E-state index contributed by atoms with van der Waals surface area (Å²) in [6, 6.07) is 0. The monoisotopic (exact) mass is 201 g/mol. The van der Waals surface area contributed by atoms with Crippen LogP contribution in [-0.2, 0) is 14.3 Å². The van der Waals surface area contributed by atoms with Gasteiger partial charge in [0.05, 0.1) is 12.8 Å². The first-order valence-corrected chi connectivity index (χ1v) is 3.64. The minimum Gasteiger partial charge on any atom is -0.464 e. The number of carbonyl (C=O) groups excluding carboxylic acids is 2. The van der Waals surface area contributed by atoms with Gasteiger partial charge in [0.15, 0.2) is 0 Å². The highest BCUT2D eigenvalue weighted by Gasteiger charge is 2.16. The summed E-state index contributed by atoms with van der Waals surface area (Å²) < 4.78 is 4.31. The molecule has 0 aliphatic carbocycles. The number of nitrogens with one attached hydrogen (secondary N) is 1. The second kappa shape index (κ2) is 5.68. The fourth-order valence-electron chi connectivity index (χ4n) is 0.573. The van der Waals surface area contributed by atoms with Crippen LogP contribution in [0.5, 0.6) is 0 Å². The number of hydrogen-bond acceptors (Lipinski definition) is 6. The van der Waals surface area contributed by atoms with Gasteiger partial charge < -0.3 is 9.94 Å². The SMILES string of the molecule is COC(=O)C(=N\O)/C(C)=N/NC(C)=O. The van der Waals surface area contributed by atoms with Crippen LogP contribution in [0.25, 0.3) is 0 Å². The second-order valence-electron chi connectivity index (χ2n) is 2.31. The van der Waals surface area contributed by atoms with Crippen LogP contribution in [0.2, 0.25) is 0 Å². The molecule has 0 spiro atoms. The van der Waals surface area contributed by atoms with Gasteiger partial charge in [0.25, 0.3) is 0 Å². The molecule has 7 heteroatoms. The summed E-state index contributed by atoms with van der Waals surface area (Å²) in [6.45, 7) is 2.65. The van der Waals surface area contributed by atoms with Crippen molar-refractivity contribution in [2.24, 2.45) is 10.3 Å². The lowest BCUT2D eigenvalue weighted by Gasteiger charge is -2.01. The van der Waals surface area contributed by atoms with E-state index in [1.54, 1.807) is 0 Å². The molecule has 0 aromatic heterocycles. The van der Waals surface area contributed by atoms with E-state index < -0.39 is 11.9 Å². The zero-order chi connectivity index (χ0) is 11.1. The molecule has 0 bridgehead atoms. The summed E-state index contributed by atoms with van der Waals surface area (Å²) in [6.07, 6.45) is 0. The van der Waals surface area contributed by atoms with Crippen LogP contribution >= 0.6 is 0 Å². The third kappa shape index (κ3) is 3.65. The van der Waals surface area contributed by atoms with Gasteiger partial charge in [-0.2, -0.15) is 5.10 Å². The smallest absolute Gasteiger partial charge is 0.362 e. The Morgan fingerprint density at radius 1 is 1.36 bits per heavy atom. The van der Waals surface area contributed by atoms with Crippen LogP contribution in [0.3, 0.4) is 0 Å². The number of hydrazone groups is 1. The molecule has 0 heterocycles. The highest BCUT2D eigenvalue weighted by Crippen LogP contribution is 1.87. The van der Waals surface area contributed by atoms with Crippen molar-refractivity contribution in [3.63, 3.8) is 0 Å². The fraction of sp³-hybridized carbons (Fsp3) is 0.429. The lowest BCUT2D eigenvalue weighted by Crippen LogP contribution is -2.26. The average Bonchev–Trinajstić information content (AvgIpc) is 2.15. The Kier molecular flexibility index (Phi) is 4.90. The Morgan fingerprint density at radius 3 is 2.29 bits per heavy atom. The van der Waals surface area contributed by atoms with Gasteiger partial charge in [-0.1, -0.05) is 5.16 Å². The molecule has 0 aliphatic rings. The van der Waals surface area contributed by atoms with Crippen molar-refractivity contribution >= 4 is 23.3 Å². The predicted molar refractivity (Wildman–Crippen MR) is 48.2 cm³/mol. The summed E-state index contributed by atoms with van der Waals surface area (Å²) in [5.41, 5.74) is 1.78. The molecule has 1 amide bonds. The Labute approximate surface area is 80.4 Å². The van der Waals surface area contributed by atoms with Crippen molar-refractivity contribution in [2.75, 3.05) is 7.11 Å². The van der Waals surface area contributed by atoms with Gasteiger partial charge >= 0.3 is 5.97 Å². The molecule has 0 saturated carbocycles. The summed E-state index contributed by atoms with van der Waals surface area (Å²) in [5.74, 6) is -1.23. The summed E-state index contributed by atoms with van der Waals surface area (Å²) >= 11 is 0. The average molecular weight is 201 g/mol. The molecule has 0 aliphatic heterocycles. The zero-order valence-electron chi connectivity index (χ0n) is 8.07. The van der Waals surface area contributed by atoms with Crippen molar-refractivity contribution in [1.82, 2.24) is 5.43 Å². The third-order valence-electron chi connectivity index (χ3n) is 1.20. The number of esters is 1. The maximum Gasteiger partial charge on any atom is 0.362 e. The summed E-state index contributed by atoms with van der Waals surface area (Å²) in [7, 11) is 1.14. The van der Waals surface area contributed by atoms with Crippen molar-refractivity contribution in [3.8, 4) is 0 Å². The molecule has 0 rings (SSSR count). The van der Waals surface area contributed by atoms with Crippen LogP contribution < -0.4 is 5.43 Å². The number of ether oxygens (including phenoxy) is 1. The summed E-state index contributed by atoms with van der Waals surface area (Å²) in [4.78, 5) is 21.4. The highest BCUT2D eigenvalue weighted by molar-refractivity contribution is 6.65. The van der Waals surface area contributed by atoms with E-state index in [1.165, 1.54) is 13.8 Å². The predicted octanol–water partition coefficient (Wildman–Crippen LogP) is -0.498. The van der Waals surface area contributed by atoms with Gasteiger partial charge in [0, 0.05) is 6.92 Å². The third-order valence-corrected chi connectivity index (χ3v) is 1.20. The van der Waals surface area contributed by atoms with Crippen molar-refractivity contribution < 1.29 is 19.5 Å². The van der Waals surface area contributed by atoms with Crippen molar-refractivity contribution in [3.05, 3.63) is 0 Å². The molecule has 0 radical (unpaired) electrons. The molecule has 0 unspecified atom stereocenters. The van der Waals surface area contributed by atoms with E-state index in [0.29, 0.717) is 0 Å². The number of rotatable bonds is 3.